The Morgan fingerprint density at radius 2 is 2.12 bits per heavy atom. The van der Waals surface area contributed by atoms with Crippen LogP contribution in [0.5, 0.6) is 0 Å². The summed E-state index contributed by atoms with van der Waals surface area (Å²) in [6.45, 7) is 0.400. The van der Waals surface area contributed by atoms with Crippen LogP contribution in [-0.2, 0) is 6.54 Å². The molecule has 0 bridgehead atoms. The Balaban J connectivity index is 1.81. The number of nitrogens with two attached hydrogens (primary N) is 1. The molecule has 1 aromatic rings. The molecule has 0 aliphatic heterocycles. The molecule has 0 aromatic carbocycles. The Labute approximate surface area is 98.6 Å². The molecule has 2 N–H and O–H groups in total. The van der Waals surface area contributed by atoms with Crippen LogP contribution in [0.25, 0.3) is 0 Å². The molecule has 1 aromatic heterocycles. The van der Waals surface area contributed by atoms with Gasteiger partial charge in [-0.05, 0) is 36.8 Å². The van der Waals surface area contributed by atoms with Gasteiger partial charge < -0.3 is 10.3 Å². The van der Waals surface area contributed by atoms with Crippen molar-refractivity contribution >= 4 is 0 Å². The van der Waals surface area contributed by atoms with E-state index in [-0.39, 0.29) is 12.5 Å². The summed E-state index contributed by atoms with van der Waals surface area (Å²) in [5.74, 6) is 0.570. The molecule has 17 heavy (non-hydrogen) atoms. The summed E-state index contributed by atoms with van der Waals surface area (Å²) in [5, 5.41) is 0. The molecule has 0 amide bonds. The van der Waals surface area contributed by atoms with Crippen molar-refractivity contribution in [2.75, 3.05) is 0 Å². The minimum atomic E-state index is -4.06. The van der Waals surface area contributed by atoms with Gasteiger partial charge in [-0.15, -0.1) is 0 Å². The average molecular weight is 246 g/mol. The second kappa shape index (κ2) is 4.72. The second-order valence-electron chi connectivity index (χ2n) is 4.76. The summed E-state index contributed by atoms with van der Waals surface area (Å²) < 4.78 is 37.7. The molecule has 0 spiro atoms. The summed E-state index contributed by atoms with van der Waals surface area (Å²) in [6.07, 6.45) is 1.36. The quantitative estimate of drug-likeness (QED) is 0.849. The van der Waals surface area contributed by atoms with Crippen molar-refractivity contribution in [1.82, 2.24) is 4.57 Å². The van der Waals surface area contributed by atoms with E-state index >= 15 is 0 Å². The zero-order valence-electron chi connectivity index (χ0n) is 9.58. The van der Waals surface area contributed by atoms with Crippen molar-refractivity contribution in [1.29, 1.82) is 0 Å². The van der Waals surface area contributed by atoms with Gasteiger partial charge in [0.15, 0.2) is 0 Å². The monoisotopic (exact) mass is 246 g/mol. The van der Waals surface area contributed by atoms with Crippen LogP contribution in [0.3, 0.4) is 0 Å². The topological polar surface area (TPSA) is 30.9 Å². The Kier molecular flexibility index (Phi) is 3.47. The number of aromatic nitrogens is 1. The van der Waals surface area contributed by atoms with Gasteiger partial charge in [-0.25, -0.2) is 0 Å². The number of halogens is 3. The molecular weight excluding hydrogens is 229 g/mol. The molecule has 1 fully saturated rings. The van der Waals surface area contributed by atoms with Gasteiger partial charge in [-0.2, -0.15) is 13.2 Å². The van der Waals surface area contributed by atoms with Gasteiger partial charge in [0.25, 0.3) is 0 Å². The molecular formula is C12H17F3N2. The molecule has 5 heteroatoms. The van der Waals surface area contributed by atoms with Gasteiger partial charge in [0.05, 0.1) is 0 Å². The first kappa shape index (κ1) is 12.5. The molecule has 96 valence electrons. The highest BCUT2D eigenvalue weighted by Crippen LogP contribution is 2.39. The maximum Gasteiger partial charge on any atom is 0.389 e. The van der Waals surface area contributed by atoms with Crippen molar-refractivity contribution in [3.05, 3.63) is 24.0 Å². The van der Waals surface area contributed by atoms with Gasteiger partial charge in [0.2, 0.25) is 0 Å². The van der Waals surface area contributed by atoms with Crippen LogP contribution in [0.2, 0.25) is 0 Å². The minimum absolute atomic E-state index is 0.0545. The molecule has 2 rings (SSSR count). The largest absolute Gasteiger partial charge is 0.389 e. The first-order chi connectivity index (χ1) is 7.96. The Bertz CT molecular complexity index is 366. The van der Waals surface area contributed by atoms with Crippen LogP contribution in [0.1, 0.15) is 37.3 Å². The first-order valence-electron chi connectivity index (χ1n) is 5.94. The third kappa shape index (κ3) is 3.77. The predicted molar refractivity (Wildman–Crippen MR) is 59.4 cm³/mol. The standard InChI is InChI=1S/C12H17F3N2/c13-12(14,15)5-1-6-17-7-4-10(8-17)11(16)9-2-3-9/h4,7-9,11H,1-3,5-6,16H2. The second-order valence-corrected chi connectivity index (χ2v) is 4.76. The van der Waals surface area contributed by atoms with E-state index < -0.39 is 12.6 Å². The lowest BCUT2D eigenvalue weighted by Gasteiger charge is -2.08. The molecule has 0 saturated heterocycles. The summed E-state index contributed by atoms with van der Waals surface area (Å²) in [4.78, 5) is 0. The highest BCUT2D eigenvalue weighted by Gasteiger charge is 2.30. The third-order valence-corrected chi connectivity index (χ3v) is 3.16. The van der Waals surface area contributed by atoms with Crippen LogP contribution < -0.4 is 5.73 Å². The van der Waals surface area contributed by atoms with E-state index in [4.69, 9.17) is 5.73 Å². The number of hydrogen-bond acceptors (Lipinski definition) is 1. The summed E-state index contributed by atoms with van der Waals surface area (Å²) in [5.41, 5.74) is 7.06. The van der Waals surface area contributed by atoms with Gasteiger partial charge in [-0.3, -0.25) is 0 Å². The van der Waals surface area contributed by atoms with Crippen molar-refractivity contribution in [3.63, 3.8) is 0 Å². The SMILES string of the molecule is NC(c1ccn(CCCC(F)(F)F)c1)C1CC1. The number of hydrogen-bond donors (Lipinski definition) is 1. The smallest absolute Gasteiger partial charge is 0.354 e. The normalized spacial score (nSPS) is 18.4. The van der Waals surface area contributed by atoms with Crippen molar-refractivity contribution in [2.45, 2.75) is 44.4 Å². The van der Waals surface area contributed by atoms with Crippen molar-refractivity contribution in [3.8, 4) is 0 Å². The molecule has 1 aliphatic rings. The van der Waals surface area contributed by atoms with Gasteiger partial charge in [-0.1, -0.05) is 0 Å². The zero-order chi connectivity index (χ0) is 12.5. The van der Waals surface area contributed by atoms with Crippen LogP contribution in [0.15, 0.2) is 18.5 Å². The van der Waals surface area contributed by atoms with Crippen LogP contribution >= 0.6 is 0 Å². The molecule has 1 atom stereocenters. The van der Waals surface area contributed by atoms with Crippen LogP contribution in [0.4, 0.5) is 13.2 Å². The fraction of sp³-hybridized carbons (Fsp3) is 0.667. The lowest BCUT2D eigenvalue weighted by Crippen LogP contribution is -2.11. The summed E-state index contributed by atoms with van der Waals surface area (Å²) in [7, 11) is 0. The Morgan fingerprint density at radius 3 is 2.71 bits per heavy atom. The Morgan fingerprint density at radius 1 is 1.41 bits per heavy atom. The summed E-state index contributed by atoms with van der Waals surface area (Å²) in [6, 6.07) is 1.97. The van der Waals surface area contributed by atoms with E-state index in [2.05, 4.69) is 0 Å². The maximum atomic E-state index is 12.0. The molecule has 1 aliphatic carbocycles. The third-order valence-electron chi connectivity index (χ3n) is 3.16. The van der Waals surface area contributed by atoms with E-state index in [1.165, 1.54) is 12.8 Å². The molecule has 1 saturated carbocycles. The average Bonchev–Trinajstić information content (AvgIpc) is 2.96. The fourth-order valence-corrected chi connectivity index (χ4v) is 1.99. The highest BCUT2D eigenvalue weighted by molar-refractivity contribution is 5.17. The van der Waals surface area contributed by atoms with E-state index in [0.717, 1.165) is 5.56 Å². The van der Waals surface area contributed by atoms with Crippen LogP contribution in [0, 0.1) is 5.92 Å². The number of rotatable bonds is 5. The van der Waals surface area contributed by atoms with Crippen molar-refractivity contribution < 1.29 is 13.2 Å². The zero-order valence-corrected chi connectivity index (χ0v) is 9.58. The molecule has 1 unspecified atom stereocenters. The lowest BCUT2D eigenvalue weighted by molar-refractivity contribution is -0.135. The highest BCUT2D eigenvalue weighted by atomic mass is 19.4. The van der Waals surface area contributed by atoms with E-state index in [9.17, 15) is 13.2 Å². The van der Waals surface area contributed by atoms with Gasteiger partial charge in [0, 0.05) is 31.4 Å². The molecule has 0 radical (unpaired) electrons. The fourth-order valence-electron chi connectivity index (χ4n) is 1.99. The van der Waals surface area contributed by atoms with E-state index in [1.807, 2.05) is 18.5 Å². The van der Waals surface area contributed by atoms with Gasteiger partial charge >= 0.3 is 6.18 Å². The number of nitrogens with zero attached hydrogens (tertiary/aromatic N) is 1. The minimum Gasteiger partial charge on any atom is -0.354 e. The molecule has 1 heterocycles. The lowest BCUT2D eigenvalue weighted by atomic mass is 10.1. The van der Waals surface area contributed by atoms with E-state index in [1.54, 1.807) is 4.57 Å². The molecule has 2 nitrogen and oxygen atoms in total. The maximum absolute atomic E-state index is 12.0. The van der Waals surface area contributed by atoms with Crippen molar-refractivity contribution in [2.24, 2.45) is 11.7 Å². The predicted octanol–water partition coefficient (Wildman–Crippen LogP) is 3.24. The number of aryl methyl sites for hydroxylation is 1. The number of alkyl halides is 3. The Hall–Kier alpha value is -0.970. The summed E-state index contributed by atoms with van der Waals surface area (Å²) >= 11 is 0. The van der Waals surface area contributed by atoms with Crippen LogP contribution in [-0.4, -0.2) is 10.7 Å². The van der Waals surface area contributed by atoms with E-state index in [0.29, 0.717) is 12.5 Å². The van der Waals surface area contributed by atoms with Gasteiger partial charge in [0.1, 0.15) is 0 Å². The first-order valence-corrected chi connectivity index (χ1v) is 5.94.